The molecule has 1 aliphatic carbocycles. The number of unbranched alkanes of at least 4 members (excludes halogenated alkanes) is 2. The zero-order valence-electron chi connectivity index (χ0n) is 13.3. The molecule has 2 amide bonds. The zero-order chi connectivity index (χ0) is 15.7. The average molecular weight is 299 g/mol. The van der Waals surface area contributed by atoms with Crippen LogP contribution >= 0.6 is 0 Å². The molecule has 0 bridgehead atoms. The molecule has 1 aliphatic rings. The lowest BCUT2D eigenvalue weighted by atomic mass is 9.96. The van der Waals surface area contributed by atoms with Crippen molar-refractivity contribution in [2.45, 2.75) is 56.9 Å². The number of carboxylic acids is 1. The smallest absolute Gasteiger partial charge is 0.314 e. The van der Waals surface area contributed by atoms with Crippen molar-refractivity contribution in [3.63, 3.8) is 0 Å². The molecule has 0 unspecified atom stereocenters. The van der Waals surface area contributed by atoms with Gasteiger partial charge in [0.15, 0.2) is 0 Å². The van der Waals surface area contributed by atoms with E-state index in [0.717, 1.165) is 25.7 Å². The second kappa shape index (κ2) is 8.87. The van der Waals surface area contributed by atoms with E-state index in [1.807, 2.05) is 0 Å². The summed E-state index contributed by atoms with van der Waals surface area (Å²) in [6.45, 7) is 1.28. The van der Waals surface area contributed by atoms with Crippen LogP contribution in [0.2, 0.25) is 0 Å². The van der Waals surface area contributed by atoms with Gasteiger partial charge in [-0.1, -0.05) is 19.3 Å². The highest BCUT2D eigenvalue weighted by Gasteiger charge is 2.35. The highest BCUT2D eigenvalue weighted by Crippen LogP contribution is 2.32. The summed E-state index contributed by atoms with van der Waals surface area (Å²) in [5, 5.41) is 14.3. The van der Waals surface area contributed by atoms with Crippen molar-refractivity contribution in [1.29, 1.82) is 0 Å². The minimum atomic E-state index is -0.758. The third-order valence-electron chi connectivity index (χ3n) is 4.41. The first kappa shape index (κ1) is 17.8. The fourth-order valence-corrected chi connectivity index (χ4v) is 2.90. The molecule has 1 saturated carbocycles. The van der Waals surface area contributed by atoms with Gasteiger partial charge in [-0.25, -0.2) is 4.79 Å². The first-order chi connectivity index (χ1) is 9.96. The fourth-order valence-electron chi connectivity index (χ4n) is 2.90. The van der Waals surface area contributed by atoms with Gasteiger partial charge in [-0.3, -0.25) is 4.79 Å². The SMILES string of the molecule is CN(C)C1(CNC(=O)NCCCCCC(=O)O)CCCC1. The Morgan fingerprint density at radius 2 is 1.76 bits per heavy atom. The van der Waals surface area contributed by atoms with E-state index in [0.29, 0.717) is 19.5 Å². The van der Waals surface area contributed by atoms with Crippen molar-refractivity contribution >= 4 is 12.0 Å². The molecule has 0 aromatic rings. The van der Waals surface area contributed by atoms with Crippen LogP contribution in [0, 0.1) is 0 Å². The number of rotatable bonds is 9. The normalized spacial score (nSPS) is 16.9. The molecule has 0 aliphatic heterocycles. The maximum absolute atomic E-state index is 11.8. The lowest BCUT2D eigenvalue weighted by Crippen LogP contribution is -2.52. The lowest BCUT2D eigenvalue weighted by molar-refractivity contribution is -0.137. The Morgan fingerprint density at radius 3 is 2.33 bits per heavy atom. The molecule has 1 rings (SSSR count). The molecule has 0 spiro atoms. The summed E-state index contributed by atoms with van der Waals surface area (Å²) in [5.74, 6) is -0.758. The summed E-state index contributed by atoms with van der Waals surface area (Å²) in [6.07, 6.45) is 7.24. The van der Waals surface area contributed by atoms with E-state index in [1.54, 1.807) is 0 Å². The molecule has 6 nitrogen and oxygen atoms in total. The van der Waals surface area contributed by atoms with Gasteiger partial charge in [0.2, 0.25) is 0 Å². The summed E-state index contributed by atoms with van der Waals surface area (Å²) in [7, 11) is 4.15. The molecule has 6 heteroatoms. The van der Waals surface area contributed by atoms with Crippen LogP contribution in [0.4, 0.5) is 4.79 Å². The maximum Gasteiger partial charge on any atom is 0.314 e. The van der Waals surface area contributed by atoms with Crippen LogP contribution in [-0.4, -0.2) is 54.7 Å². The fraction of sp³-hybridized carbons (Fsp3) is 0.867. The lowest BCUT2D eigenvalue weighted by Gasteiger charge is -2.36. The van der Waals surface area contributed by atoms with Gasteiger partial charge in [-0.15, -0.1) is 0 Å². The van der Waals surface area contributed by atoms with Crippen LogP contribution in [0.3, 0.4) is 0 Å². The van der Waals surface area contributed by atoms with Gasteiger partial charge in [-0.2, -0.15) is 0 Å². The Kier molecular flexibility index (Phi) is 7.50. The summed E-state index contributed by atoms with van der Waals surface area (Å²) in [5.41, 5.74) is 0.110. The number of amides is 2. The van der Waals surface area contributed by atoms with E-state index in [-0.39, 0.29) is 18.0 Å². The topological polar surface area (TPSA) is 81.7 Å². The Balaban J connectivity index is 2.12. The average Bonchev–Trinajstić information content (AvgIpc) is 2.90. The standard InChI is InChI=1S/C15H29N3O3/c1-18(2)15(9-5-6-10-15)12-17-14(21)16-11-7-3-4-8-13(19)20/h3-12H2,1-2H3,(H,19,20)(H2,16,17,21). The first-order valence-electron chi connectivity index (χ1n) is 7.87. The number of urea groups is 1. The minimum absolute atomic E-state index is 0.110. The molecule has 0 aromatic carbocycles. The number of nitrogens with zero attached hydrogens (tertiary/aromatic N) is 1. The highest BCUT2D eigenvalue weighted by atomic mass is 16.4. The summed E-state index contributed by atoms with van der Waals surface area (Å²) >= 11 is 0. The molecule has 0 heterocycles. The van der Waals surface area contributed by atoms with Crippen molar-refractivity contribution in [3.8, 4) is 0 Å². The van der Waals surface area contributed by atoms with Gasteiger partial charge in [0, 0.05) is 25.0 Å². The molecule has 21 heavy (non-hydrogen) atoms. The largest absolute Gasteiger partial charge is 0.481 e. The number of carbonyl (C=O) groups is 2. The van der Waals surface area contributed by atoms with Gasteiger partial charge in [-0.05, 0) is 39.8 Å². The number of likely N-dealkylation sites (N-methyl/N-ethyl adjacent to an activating group) is 1. The highest BCUT2D eigenvalue weighted by molar-refractivity contribution is 5.73. The van der Waals surface area contributed by atoms with E-state index in [9.17, 15) is 9.59 Å². The van der Waals surface area contributed by atoms with Crippen molar-refractivity contribution in [2.24, 2.45) is 0 Å². The van der Waals surface area contributed by atoms with Gasteiger partial charge in [0.25, 0.3) is 0 Å². The molecule has 3 N–H and O–H groups in total. The molecular formula is C15H29N3O3. The van der Waals surface area contributed by atoms with Crippen molar-refractivity contribution < 1.29 is 14.7 Å². The molecule has 122 valence electrons. The summed E-state index contributed by atoms with van der Waals surface area (Å²) in [4.78, 5) is 24.4. The van der Waals surface area contributed by atoms with Crippen LogP contribution in [0.5, 0.6) is 0 Å². The number of carboxylic acid groups (broad SMARTS) is 1. The number of nitrogens with one attached hydrogen (secondary N) is 2. The predicted molar refractivity (Wildman–Crippen MR) is 82.4 cm³/mol. The Morgan fingerprint density at radius 1 is 1.10 bits per heavy atom. The second-order valence-electron chi connectivity index (χ2n) is 6.14. The Labute approximate surface area is 127 Å². The number of carbonyl (C=O) groups excluding carboxylic acids is 1. The van der Waals surface area contributed by atoms with Gasteiger partial charge < -0.3 is 20.6 Å². The zero-order valence-corrected chi connectivity index (χ0v) is 13.3. The van der Waals surface area contributed by atoms with E-state index < -0.39 is 5.97 Å². The van der Waals surface area contributed by atoms with Gasteiger partial charge in [0.05, 0.1) is 0 Å². The predicted octanol–water partition coefficient (Wildman–Crippen LogP) is 1.80. The number of hydrogen-bond acceptors (Lipinski definition) is 3. The molecule has 0 atom stereocenters. The second-order valence-corrected chi connectivity index (χ2v) is 6.14. The Hall–Kier alpha value is -1.30. The van der Waals surface area contributed by atoms with Crippen LogP contribution in [0.1, 0.15) is 51.4 Å². The van der Waals surface area contributed by atoms with Crippen molar-refractivity contribution in [1.82, 2.24) is 15.5 Å². The van der Waals surface area contributed by atoms with Crippen LogP contribution in [0.25, 0.3) is 0 Å². The molecule has 1 fully saturated rings. The van der Waals surface area contributed by atoms with Crippen LogP contribution in [0.15, 0.2) is 0 Å². The third kappa shape index (κ3) is 6.33. The molecule has 0 radical (unpaired) electrons. The van der Waals surface area contributed by atoms with Crippen LogP contribution < -0.4 is 10.6 Å². The summed E-state index contributed by atoms with van der Waals surface area (Å²) in [6, 6.07) is -0.124. The van der Waals surface area contributed by atoms with Gasteiger partial charge >= 0.3 is 12.0 Å². The molecule has 0 saturated heterocycles. The molecular weight excluding hydrogens is 270 g/mol. The van der Waals surface area contributed by atoms with E-state index >= 15 is 0 Å². The monoisotopic (exact) mass is 299 g/mol. The maximum atomic E-state index is 11.8. The molecule has 0 aromatic heterocycles. The van der Waals surface area contributed by atoms with E-state index in [4.69, 9.17) is 5.11 Å². The van der Waals surface area contributed by atoms with E-state index in [1.165, 1.54) is 12.8 Å². The third-order valence-corrected chi connectivity index (χ3v) is 4.41. The van der Waals surface area contributed by atoms with Crippen LogP contribution in [-0.2, 0) is 4.79 Å². The van der Waals surface area contributed by atoms with Crippen molar-refractivity contribution in [2.75, 3.05) is 27.2 Å². The van der Waals surface area contributed by atoms with E-state index in [2.05, 4.69) is 29.6 Å². The Bertz CT molecular complexity index is 339. The number of aliphatic carboxylic acids is 1. The summed E-state index contributed by atoms with van der Waals surface area (Å²) < 4.78 is 0. The van der Waals surface area contributed by atoms with Gasteiger partial charge in [0.1, 0.15) is 0 Å². The first-order valence-corrected chi connectivity index (χ1v) is 7.87. The number of hydrogen-bond donors (Lipinski definition) is 3. The van der Waals surface area contributed by atoms with Crippen molar-refractivity contribution in [3.05, 3.63) is 0 Å². The minimum Gasteiger partial charge on any atom is -0.481 e. The quantitative estimate of drug-likeness (QED) is 0.567.